The summed E-state index contributed by atoms with van der Waals surface area (Å²) in [6, 6.07) is 3.72. The van der Waals surface area contributed by atoms with Gasteiger partial charge < -0.3 is 10.2 Å². The Morgan fingerprint density at radius 3 is 2.74 bits per heavy atom. The van der Waals surface area contributed by atoms with Crippen LogP contribution in [0.2, 0.25) is 10.0 Å². The predicted molar refractivity (Wildman–Crippen MR) is 77.8 cm³/mol. The molecule has 1 fully saturated rings. The van der Waals surface area contributed by atoms with Crippen molar-refractivity contribution in [2.45, 2.75) is 32.4 Å². The summed E-state index contributed by atoms with van der Waals surface area (Å²) >= 11 is 11.9. The molecule has 3 nitrogen and oxygen atoms in total. The quantitative estimate of drug-likeness (QED) is 0.900. The van der Waals surface area contributed by atoms with Gasteiger partial charge in [-0.05, 0) is 37.8 Å². The van der Waals surface area contributed by atoms with Crippen LogP contribution in [0.4, 0.5) is 0 Å². The third kappa shape index (κ3) is 3.54. The minimum atomic E-state index is 0.101. The van der Waals surface area contributed by atoms with E-state index in [1.165, 1.54) is 6.07 Å². The number of phenolic OH excluding ortho intramolecular Hbond substituents is 1. The number of likely N-dealkylation sites (tertiary alicyclic amines) is 1. The number of halogens is 2. The molecule has 1 heterocycles. The molecule has 1 aromatic rings. The SMILES string of the molecule is CC1CCC(CO)CN1Cc1cc(Cl)cc(Cl)c1O. The number of phenols is 1. The van der Waals surface area contributed by atoms with Crippen LogP contribution in [-0.4, -0.2) is 34.3 Å². The number of piperidine rings is 1. The Balaban J connectivity index is 2.15. The van der Waals surface area contributed by atoms with E-state index in [0.29, 0.717) is 23.5 Å². The molecule has 2 rings (SSSR count). The van der Waals surface area contributed by atoms with Crippen molar-refractivity contribution in [1.82, 2.24) is 4.90 Å². The molecule has 0 saturated carbocycles. The Labute approximate surface area is 123 Å². The zero-order valence-corrected chi connectivity index (χ0v) is 12.5. The van der Waals surface area contributed by atoms with Gasteiger partial charge in [0, 0.05) is 36.3 Å². The Kier molecular flexibility index (Phi) is 4.96. The standard InChI is InChI=1S/C14H19Cl2NO2/c1-9-2-3-10(8-18)6-17(9)7-11-4-12(15)5-13(16)14(11)19/h4-5,9-10,18-19H,2-3,6-8H2,1H3. The number of nitrogens with zero attached hydrogens (tertiary/aromatic N) is 1. The molecular formula is C14H19Cl2NO2. The highest BCUT2D eigenvalue weighted by Crippen LogP contribution is 2.33. The van der Waals surface area contributed by atoms with Crippen molar-refractivity contribution < 1.29 is 10.2 Å². The van der Waals surface area contributed by atoms with Gasteiger partial charge in [0.05, 0.1) is 5.02 Å². The summed E-state index contributed by atoms with van der Waals surface area (Å²) in [5.74, 6) is 0.414. The first-order valence-corrected chi connectivity index (χ1v) is 7.28. The fraction of sp³-hybridized carbons (Fsp3) is 0.571. The Hall–Kier alpha value is -0.480. The third-order valence-electron chi connectivity index (χ3n) is 3.85. The molecule has 1 aromatic carbocycles. The van der Waals surface area contributed by atoms with Gasteiger partial charge in [-0.25, -0.2) is 0 Å². The van der Waals surface area contributed by atoms with E-state index in [2.05, 4.69) is 11.8 Å². The van der Waals surface area contributed by atoms with Gasteiger partial charge in [-0.3, -0.25) is 4.90 Å². The molecule has 106 valence electrons. The van der Waals surface area contributed by atoms with Crippen LogP contribution in [0.5, 0.6) is 5.75 Å². The number of aromatic hydroxyl groups is 1. The molecule has 0 bridgehead atoms. The molecule has 0 radical (unpaired) electrons. The van der Waals surface area contributed by atoms with Crippen molar-refractivity contribution in [1.29, 1.82) is 0 Å². The lowest BCUT2D eigenvalue weighted by Gasteiger charge is -2.37. The minimum Gasteiger partial charge on any atom is -0.506 e. The number of hydrogen-bond acceptors (Lipinski definition) is 3. The normalized spacial score (nSPS) is 24.6. The molecule has 0 aliphatic carbocycles. The monoisotopic (exact) mass is 303 g/mol. The highest BCUT2D eigenvalue weighted by atomic mass is 35.5. The third-order valence-corrected chi connectivity index (χ3v) is 4.35. The predicted octanol–water partition coefficient (Wildman–Crippen LogP) is 3.29. The highest BCUT2D eigenvalue weighted by Gasteiger charge is 2.25. The van der Waals surface area contributed by atoms with Crippen LogP contribution in [0, 0.1) is 5.92 Å². The molecule has 5 heteroatoms. The lowest BCUT2D eigenvalue weighted by Crippen LogP contribution is -2.42. The number of aliphatic hydroxyl groups is 1. The van der Waals surface area contributed by atoms with Crippen molar-refractivity contribution >= 4 is 23.2 Å². The van der Waals surface area contributed by atoms with E-state index in [1.54, 1.807) is 6.07 Å². The fourth-order valence-corrected chi connectivity index (χ4v) is 3.13. The first-order chi connectivity index (χ1) is 9.01. The van der Waals surface area contributed by atoms with Crippen LogP contribution in [0.3, 0.4) is 0 Å². The zero-order chi connectivity index (χ0) is 14.0. The van der Waals surface area contributed by atoms with Gasteiger partial charge in [0.15, 0.2) is 0 Å². The second kappa shape index (κ2) is 6.31. The van der Waals surface area contributed by atoms with Crippen LogP contribution in [0.1, 0.15) is 25.3 Å². The summed E-state index contributed by atoms with van der Waals surface area (Å²) in [6.07, 6.45) is 2.11. The maximum absolute atomic E-state index is 10.00. The van der Waals surface area contributed by atoms with Crippen molar-refractivity contribution in [2.24, 2.45) is 5.92 Å². The largest absolute Gasteiger partial charge is 0.506 e. The molecule has 2 unspecified atom stereocenters. The van der Waals surface area contributed by atoms with E-state index >= 15 is 0 Å². The first kappa shape index (κ1) is 14.9. The van der Waals surface area contributed by atoms with Gasteiger partial charge in [0.1, 0.15) is 5.75 Å². The lowest BCUT2D eigenvalue weighted by atomic mass is 9.93. The van der Waals surface area contributed by atoms with Crippen molar-refractivity contribution in [3.63, 3.8) is 0 Å². The summed E-state index contributed by atoms with van der Waals surface area (Å²) in [5.41, 5.74) is 0.739. The second-order valence-electron chi connectivity index (χ2n) is 5.30. The van der Waals surface area contributed by atoms with Crippen LogP contribution < -0.4 is 0 Å². The van der Waals surface area contributed by atoms with E-state index < -0.39 is 0 Å². The summed E-state index contributed by atoms with van der Waals surface area (Å²) in [7, 11) is 0. The van der Waals surface area contributed by atoms with Gasteiger partial charge >= 0.3 is 0 Å². The summed E-state index contributed by atoms with van der Waals surface area (Å²) in [5, 5.41) is 20.1. The van der Waals surface area contributed by atoms with Gasteiger partial charge in [-0.1, -0.05) is 23.2 Å². The van der Waals surface area contributed by atoms with Crippen LogP contribution in [0.25, 0.3) is 0 Å². The zero-order valence-electron chi connectivity index (χ0n) is 10.9. The van der Waals surface area contributed by atoms with Gasteiger partial charge in [-0.15, -0.1) is 0 Å². The molecule has 2 atom stereocenters. The maximum atomic E-state index is 10.00. The van der Waals surface area contributed by atoms with Crippen LogP contribution >= 0.6 is 23.2 Å². The molecule has 2 N–H and O–H groups in total. The maximum Gasteiger partial charge on any atom is 0.138 e. The summed E-state index contributed by atoms with van der Waals surface area (Å²) < 4.78 is 0. The molecule has 1 aliphatic rings. The van der Waals surface area contributed by atoms with E-state index in [-0.39, 0.29) is 17.4 Å². The summed E-state index contributed by atoms with van der Waals surface area (Å²) in [6.45, 7) is 3.81. The van der Waals surface area contributed by atoms with Crippen molar-refractivity contribution in [3.05, 3.63) is 27.7 Å². The molecule has 1 saturated heterocycles. The van der Waals surface area contributed by atoms with E-state index in [4.69, 9.17) is 23.2 Å². The van der Waals surface area contributed by atoms with Crippen molar-refractivity contribution in [3.8, 4) is 5.75 Å². The topological polar surface area (TPSA) is 43.7 Å². The second-order valence-corrected chi connectivity index (χ2v) is 6.14. The average molecular weight is 304 g/mol. The lowest BCUT2D eigenvalue weighted by molar-refractivity contribution is 0.0766. The number of aliphatic hydroxyl groups excluding tert-OH is 1. The fourth-order valence-electron chi connectivity index (χ4n) is 2.59. The number of hydrogen-bond donors (Lipinski definition) is 2. The molecule has 0 amide bonds. The van der Waals surface area contributed by atoms with Crippen molar-refractivity contribution in [2.75, 3.05) is 13.2 Å². The highest BCUT2D eigenvalue weighted by molar-refractivity contribution is 6.35. The van der Waals surface area contributed by atoms with Gasteiger partial charge in [-0.2, -0.15) is 0 Å². The van der Waals surface area contributed by atoms with Gasteiger partial charge in [0.2, 0.25) is 0 Å². The Morgan fingerprint density at radius 1 is 1.32 bits per heavy atom. The van der Waals surface area contributed by atoms with E-state index in [1.807, 2.05) is 0 Å². The van der Waals surface area contributed by atoms with Crippen LogP contribution in [0.15, 0.2) is 12.1 Å². The van der Waals surface area contributed by atoms with E-state index in [0.717, 1.165) is 24.9 Å². The number of rotatable bonds is 3. The van der Waals surface area contributed by atoms with E-state index in [9.17, 15) is 10.2 Å². The molecule has 1 aliphatic heterocycles. The smallest absolute Gasteiger partial charge is 0.138 e. The first-order valence-electron chi connectivity index (χ1n) is 6.53. The Bertz CT molecular complexity index is 453. The summed E-state index contributed by atoms with van der Waals surface area (Å²) in [4.78, 5) is 2.26. The number of benzene rings is 1. The molecule has 0 aromatic heterocycles. The molecule has 19 heavy (non-hydrogen) atoms. The Morgan fingerprint density at radius 2 is 2.05 bits per heavy atom. The van der Waals surface area contributed by atoms with Crippen LogP contribution in [-0.2, 0) is 6.54 Å². The molecular weight excluding hydrogens is 285 g/mol. The minimum absolute atomic E-state index is 0.101. The molecule has 0 spiro atoms. The average Bonchev–Trinajstić information content (AvgIpc) is 2.38. The van der Waals surface area contributed by atoms with Gasteiger partial charge in [0.25, 0.3) is 0 Å².